The van der Waals surface area contributed by atoms with Crippen LogP contribution in [0.5, 0.6) is 0 Å². The number of hydrogen-bond donors (Lipinski definition) is 4. The van der Waals surface area contributed by atoms with Crippen molar-refractivity contribution in [3.63, 3.8) is 0 Å². The van der Waals surface area contributed by atoms with Gasteiger partial charge in [0.2, 0.25) is 0 Å². The summed E-state index contributed by atoms with van der Waals surface area (Å²) < 4.78 is 43.8. The van der Waals surface area contributed by atoms with Crippen molar-refractivity contribution >= 4 is 65.5 Å². The van der Waals surface area contributed by atoms with Gasteiger partial charge in [-0.05, 0) is 52.0 Å². The molecule has 0 unspecified atom stereocenters. The van der Waals surface area contributed by atoms with Crippen LogP contribution in [0.4, 0.5) is 11.4 Å². The number of rotatable bonds is 6. The molecule has 4 aliphatic rings. The van der Waals surface area contributed by atoms with Crippen molar-refractivity contribution in [3.8, 4) is 22.9 Å². The fraction of sp³-hybridized carbons (Fsp3) is 0.200. The van der Waals surface area contributed by atoms with Gasteiger partial charge in [-0.1, -0.05) is 48.5 Å². The van der Waals surface area contributed by atoms with Crippen LogP contribution in [0.1, 0.15) is 27.7 Å². The zero-order valence-corrected chi connectivity index (χ0v) is 30.6. The summed E-state index contributed by atoms with van der Waals surface area (Å²) in [7, 11) is -4.67. The number of anilines is 2. The van der Waals surface area contributed by atoms with E-state index in [2.05, 4.69) is 49.6 Å². The quantitative estimate of drug-likeness (QED) is 0.0740. The van der Waals surface area contributed by atoms with Crippen LogP contribution < -0.4 is 20.5 Å². The number of fused-ring (bicyclic) bond motifs is 8. The number of hydrogen-bond acceptors (Lipinski definition) is 10. The third kappa shape index (κ3) is 7.97. The lowest BCUT2D eigenvalue weighted by molar-refractivity contribution is 0.381. The van der Waals surface area contributed by atoms with Crippen LogP contribution in [0.2, 0.25) is 0 Å². The summed E-state index contributed by atoms with van der Waals surface area (Å²) in [6.07, 6.45) is 0. The van der Waals surface area contributed by atoms with E-state index in [4.69, 9.17) is 47.1 Å². The molecule has 2 aliphatic carbocycles. The number of benzene rings is 6. The van der Waals surface area contributed by atoms with Crippen LogP contribution in [-0.4, -0.2) is 53.7 Å². The molecule has 0 fully saturated rings. The van der Waals surface area contributed by atoms with E-state index in [1.54, 1.807) is 12.1 Å². The highest BCUT2D eigenvalue weighted by Gasteiger charge is 2.16. The Labute approximate surface area is 306 Å². The van der Waals surface area contributed by atoms with Crippen LogP contribution in [0.25, 0.3) is 66.7 Å². The monoisotopic (exact) mass is 732 g/mol. The van der Waals surface area contributed by atoms with E-state index in [0.717, 1.165) is 92.7 Å². The molecule has 4 aromatic rings. The molecule has 0 amide bonds. The lowest BCUT2D eigenvalue weighted by atomic mass is 10.0. The second kappa shape index (κ2) is 15.4. The van der Waals surface area contributed by atoms with Crippen molar-refractivity contribution in [2.45, 2.75) is 27.7 Å². The summed E-state index contributed by atoms with van der Waals surface area (Å²) in [4.78, 5) is 14.2. The Morgan fingerprint density at radius 2 is 0.906 bits per heavy atom. The Morgan fingerprint density at radius 1 is 0.566 bits per heavy atom. The standard InChI is InChI=1S/2C20H19N3O.H2O4S/c2*1-3-23(4-2)13-9-10-17-18(11-13)24-19-12-16(21)14-7-5-6-8-15(14)20(19)22-17;1-5(2,3)4/h2*5-12,21H,3-4H2,1-2H3;(H2,1,2,3,4). The predicted molar refractivity (Wildman–Crippen MR) is 209 cm³/mol. The Morgan fingerprint density at radius 3 is 1.25 bits per heavy atom. The molecule has 4 N–H and O–H groups in total. The lowest BCUT2D eigenvalue weighted by Gasteiger charge is -2.21. The zero-order chi connectivity index (χ0) is 37.9. The number of nitrogens with zero attached hydrogens (tertiary/aromatic N) is 4. The average molecular weight is 733 g/mol. The third-order valence-electron chi connectivity index (χ3n) is 9.01. The van der Waals surface area contributed by atoms with Gasteiger partial charge in [0.25, 0.3) is 0 Å². The van der Waals surface area contributed by atoms with E-state index in [0.29, 0.717) is 22.2 Å². The summed E-state index contributed by atoms with van der Waals surface area (Å²) in [5.41, 5.74) is 7.05. The van der Waals surface area contributed by atoms with Crippen molar-refractivity contribution in [2.75, 3.05) is 36.0 Å². The largest absolute Gasteiger partial charge is 0.453 e. The van der Waals surface area contributed by atoms with E-state index >= 15 is 0 Å². The maximum absolute atomic E-state index is 8.74. The normalized spacial score (nSPS) is 11.4. The summed E-state index contributed by atoms with van der Waals surface area (Å²) >= 11 is 0. The summed E-state index contributed by atoms with van der Waals surface area (Å²) in [6, 6.07) is 31.5. The summed E-state index contributed by atoms with van der Waals surface area (Å²) in [5.74, 6) is 1.31. The van der Waals surface area contributed by atoms with Crippen molar-refractivity contribution in [2.24, 2.45) is 0 Å². The fourth-order valence-corrected chi connectivity index (χ4v) is 6.46. The highest BCUT2D eigenvalue weighted by molar-refractivity contribution is 7.79. The molecule has 0 aromatic heterocycles. The molecule has 0 saturated carbocycles. The average Bonchev–Trinajstić information content (AvgIpc) is 3.14. The van der Waals surface area contributed by atoms with Crippen molar-refractivity contribution in [1.82, 2.24) is 9.97 Å². The first kappa shape index (κ1) is 36.9. The summed E-state index contributed by atoms with van der Waals surface area (Å²) in [5, 5.41) is 21.1. The van der Waals surface area contributed by atoms with Crippen molar-refractivity contribution < 1.29 is 26.4 Å². The minimum Gasteiger partial charge on any atom is -0.453 e. The Balaban J connectivity index is 0.000000161. The van der Waals surface area contributed by atoms with Gasteiger partial charge >= 0.3 is 10.4 Å². The highest BCUT2D eigenvalue weighted by atomic mass is 32.3. The first-order chi connectivity index (χ1) is 25.4. The van der Waals surface area contributed by atoms with Crippen molar-refractivity contribution in [1.29, 1.82) is 10.8 Å². The molecule has 53 heavy (non-hydrogen) atoms. The van der Waals surface area contributed by atoms with Gasteiger partial charge in [0.1, 0.15) is 22.4 Å². The molecule has 4 aromatic carbocycles. The van der Waals surface area contributed by atoms with Crippen LogP contribution in [0.3, 0.4) is 0 Å². The predicted octanol–water partition coefficient (Wildman–Crippen LogP) is 8.17. The number of aromatic nitrogens is 2. The summed E-state index contributed by atoms with van der Waals surface area (Å²) in [6.45, 7) is 12.4. The van der Waals surface area contributed by atoms with E-state index in [-0.39, 0.29) is 0 Å². The van der Waals surface area contributed by atoms with Crippen LogP contribution in [0, 0.1) is 10.8 Å². The van der Waals surface area contributed by atoms with Crippen LogP contribution in [0.15, 0.2) is 106 Å². The Kier molecular flexibility index (Phi) is 10.7. The van der Waals surface area contributed by atoms with Gasteiger partial charge in [-0.2, -0.15) is 8.42 Å². The first-order valence-electron chi connectivity index (χ1n) is 17.2. The zero-order valence-electron chi connectivity index (χ0n) is 29.8. The van der Waals surface area contributed by atoms with Gasteiger partial charge in [0.05, 0.1) is 10.7 Å². The maximum Gasteiger partial charge on any atom is 0.394 e. The first-order valence-corrected chi connectivity index (χ1v) is 18.6. The maximum atomic E-state index is 8.74. The van der Waals surface area contributed by atoms with Gasteiger partial charge in [-0.15, -0.1) is 0 Å². The van der Waals surface area contributed by atoms with Gasteiger partial charge in [0.15, 0.2) is 22.7 Å². The molecule has 0 bridgehead atoms. The SMILES string of the molecule is CCN(CC)c1ccc2nc3c4ccccc4c(=N)cc-3oc2c1.CCN(CC)c1ccc2nc3c4ccccc4c(=N)cc-3oc2c1.O=S(=O)(O)O. The molecular weight excluding hydrogens is 693 g/mol. The third-order valence-corrected chi connectivity index (χ3v) is 9.01. The van der Waals surface area contributed by atoms with Crippen molar-refractivity contribution in [3.05, 3.63) is 108 Å². The smallest absolute Gasteiger partial charge is 0.394 e. The highest BCUT2D eigenvalue weighted by Crippen LogP contribution is 2.33. The molecule has 0 spiro atoms. The van der Waals surface area contributed by atoms with E-state index in [1.807, 2.05) is 72.8 Å². The molecule has 13 heteroatoms. The van der Waals surface area contributed by atoms with Gasteiger partial charge in [0, 0.05) is 83.4 Å². The van der Waals surface area contributed by atoms with Crippen LogP contribution in [-0.2, 0) is 10.4 Å². The fourth-order valence-electron chi connectivity index (χ4n) is 6.46. The molecule has 0 radical (unpaired) electrons. The van der Waals surface area contributed by atoms with E-state index in [9.17, 15) is 0 Å². The van der Waals surface area contributed by atoms with E-state index < -0.39 is 10.4 Å². The van der Waals surface area contributed by atoms with Gasteiger partial charge in [-0.25, -0.2) is 9.97 Å². The Bertz CT molecular complexity index is 2560. The molecule has 0 atom stereocenters. The topological polar surface area (TPSA) is 181 Å². The lowest BCUT2D eigenvalue weighted by Crippen LogP contribution is -2.21. The second-order valence-electron chi connectivity index (χ2n) is 12.2. The minimum atomic E-state index is -4.67. The molecule has 272 valence electrons. The van der Waals surface area contributed by atoms with Gasteiger partial charge in [-0.3, -0.25) is 9.11 Å². The Hall–Kier alpha value is -5.89. The number of nitrogens with one attached hydrogen (secondary N) is 2. The van der Waals surface area contributed by atoms with E-state index in [1.165, 1.54) is 0 Å². The molecule has 2 aliphatic heterocycles. The molecular formula is C40H40N6O6S. The van der Waals surface area contributed by atoms with Gasteiger partial charge < -0.3 is 29.5 Å². The van der Waals surface area contributed by atoms with Crippen LogP contribution >= 0.6 is 0 Å². The molecule has 0 saturated heterocycles. The molecule has 8 rings (SSSR count). The second-order valence-corrected chi connectivity index (χ2v) is 13.1. The minimum absolute atomic E-state index is 0.461. The molecule has 12 nitrogen and oxygen atoms in total. The molecule has 2 heterocycles.